The van der Waals surface area contributed by atoms with Crippen molar-refractivity contribution in [1.29, 1.82) is 0 Å². The van der Waals surface area contributed by atoms with E-state index in [1.165, 1.54) is 0 Å². The van der Waals surface area contributed by atoms with Crippen molar-refractivity contribution >= 4 is 11.8 Å². The minimum atomic E-state index is -0.494. The first-order chi connectivity index (χ1) is 8.78. The van der Waals surface area contributed by atoms with Gasteiger partial charge in [-0.05, 0) is 45.4 Å². The molecule has 1 aromatic rings. The lowest BCUT2D eigenvalue weighted by Gasteiger charge is -2.19. The minimum absolute atomic E-state index is 0.197. The van der Waals surface area contributed by atoms with Gasteiger partial charge in [-0.2, -0.15) is 0 Å². The van der Waals surface area contributed by atoms with Gasteiger partial charge in [0, 0.05) is 13.1 Å². The Morgan fingerprint density at radius 2 is 2.00 bits per heavy atom. The molecule has 0 fully saturated rings. The summed E-state index contributed by atoms with van der Waals surface area (Å²) in [6.45, 7) is 8.32. The molecule has 1 rings (SSSR count). The maximum absolute atomic E-state index is 11.4. The number of rotatable bonds is 4. The topological polar surface area (TPSA) is 70.6 Å². The van der Waals surface area contributed by atoms with Gasteiger partial charge in [-0.25, -0.2) is 4.79 Å². The zero-order chi connectivity index (χ0) is 14.5. The van der Waals surface area contributed by atoms with Gasteiger partial charge in [0.1, 0.15) is 11.4 Å². The molecule has 0 heterocycles. The summed E-state index contributed by atoms with van der Waals surface area (Å²) >= 11 is 0. The first-order valence-corrected chi connectivity index (χ1v) is 6.28. The highest BCUT2D eigenvalue weighted by molar-refractivity contribution is 5.67. The molecule has 0 aliphatic carbocycles. The molecule has 0 atom stereocenters. The molecule has 0 bridgehead atoms. The lowest BCUT2D eigenvalue weighted by Crippen LogP contribution is -2.35. The van der Waals surface area contributed by atoms with Gasteiger partial charge in [0.2, 0.25) is 0 Å². The molecule has 0 unspecified atom stereocenters. The van der Waals surface area contributed by atoms with Crippen molar-refractivity contribution in [1.82, 2.24) is 5.32 Å². The van der Waals surface area contributed by atoms with Gasteiger partial charge in [-0.15, -0.1) is 0 Å². The number of benzene rings is 1. The fraction of sp³-hybridized carbons (Fsp3) is 0.500. The Labute approximate surface area is 114 Å². The van der Waals surface area contributed by atoms with E-state index < -0.39 is 11.7 Å². The zero-order valence-electron chi connectivity index (χ0n) is 11.9. The Morgan fingerprint density at radius 3 is 2.63 bits per heavy atom. The number of amides is 1. The molecule has 19 heavy (non-hydrogen) atoms. The third-order valence-electron chi connectivity index (χ3n) is 2.26. The molecule has 1 aromatic carbocycles. The van der Waals surface area contributed by atoms with Gasteiger partial charge in [0.05, 0.1) is 5.69 Å². The molecule has 0 saturated heterocycles. The van der Waals surface area contributed by atoms with E-state index in [0.717, 1.165) is 5.56 Å². The fourth-order valence-electron chi connectivity index (χ4n) is 1.47. The van der Waals surface area contributed by atoms with Crippen LogP contribution in [0.25, 0.3) is 0 Å². The van der Waals surface area contributed by atoms with Crippen molar-refractivity contribution < 1.29 is 14.6 Å². The maximum Gasteiger partial charge on any atom is 0.407 e. The number of hydrogen-bond acceptors (Lipinski definition) is 4. The van der Waals surface area contributed by atoms with E-state index in [4.69, 9.17) is 4.74 Å². The number of phenols is 1. The van der Waals surface area contributed by atoms with Crippen molar-refractivity contribution in [3.05, 3.63) is 23.8 Å². The summed E-state index contributed by atoms with van der Waals surface area (Å²) in [5.41, 5.74) is 1.22. The zero-order valence-corrected chi connectivity index (χ0v) is 11.9. The highest BCUT2D eigenvalue weighted by Crippen LogP contribution is 2.23. The largest absolute Gasteiger partial charge is 0.506 e. The Balaban J connectivity index is 2.31. The number of phenolic OH excluding ortho intramolecular Hbond substituents is 1. The number of anilines is 1. The first kappa shape index (κ1) is 15.1. The number of carbonyl (C=O) groups is 1. The summed E-state index contributed by atoms with van der Waals surface area (Å²) in [6, 6.07) is 5.32. The predicted octanol–water partition coefficient (Wildman–Crippen LogP) is 2.64. The van der Waals surface area contributed by atoms with Crippen molar-refractivity contribution in [3.63, 3.8) is 0 Å². The number of hydrogen-bond donors (Lipinski definition) is 3. The number of ether oxygens (including phenoxy) is 1. The van der Waals surface area contributed by atoms with Gasteiger partial charge in [0.25, 0.3) is 0 Å². The lowest BCUT2D eigenvalue weighted by molar-refractivity contribution is 0.0530. The summed E-state index contributed by atoms with van der Waals surface area (Å²) in [6.07, 6.45) is -0.442. The molecule has 0 radical (unpaired) electrons. The van der Waals surface area contributed by atoms with E-state index in [9.17, 15) is 9.90 Å². The van der Waals surface area contributed by atoms with Crippen LogP contribution in [0.2, 0.25) is 0 Å². The molecule has 0 aliphatic heterocycles. The number of aromatic hydroxyl groups is 1. The van der Waals surface area contributed by atoms with Crippen LogP contribution in [-0.4, -0.2) is 29.9 Å². The van der Waals surface area contributed by atoms with Crippen molar-refractivity contribution in [2.45, 2.75) is 33.3 Å². The summed E-state index contributed by atoms with van der Waals surface area (Å²) < 4.78 is 5.11. The second-order valence-electron chi connectivity index (χ2n) is 5.38. The van der Waals surface area contributed by atoms with E-state index in [1.54, 1.807) is 6.07 Å². The van der Waals surface area contributed by atoms with Crippen LogP contribution in [0, 0.1) is 6.92 Å². The van der Waals surface area contributed by atoms with Crippen LogP contribution < -0.4 is 10.6 Å². The number of alkyl carbamates (subject to hydrolysis) is 1. The van der Waals surface area contributed by atoms with E-state index in [2.05, 4.69) is 10.6 Å². The van der Waals surface area contributed by atoms with Crippen LogP contribution in [0.4, 0.5) is 10.5 Å². The Kier molecular flexibility index (Phi) is 5.03. The molecule has 0 aromatic heterocycles. The van der Waals surface area contributed by atoms with Crippen molar-refractivity contribution in [2.75, 3.05) is 18.4 Å². The third-order valence-corrected chi connectivity index (χ3v) is 2.26. The smallest absolute Gasteiger partial charge is 0.407 e. The van der Waals surface area contributed by atoms with Gasteiger partial charge in [-0.3, -0.25) is 0 Å². The van der Waals surface area contributed by atoms with Crippen LogP contribution in [0.1, 0.15) is 26.3 Å². The van der Waals surface area contributed by atoms with E-state index >= 15 is 0 Å². The van der Waals surface area contributed by atoms with Crippen LogP contribution in [-0.2, 0) is 4.74 Å². The van der Waals surface area contributed by atoms with Crippen LogP contribution in [0.5, 0.6) is 5.75 Å². The molecular weight excluding hydrogens is 244 g/mol. The first-order valence-electron chi connectivity index (χ1n) is 6.28. The van der Waals surface area contributed by atoms with E-state index in [1.807, 2.05) is 39.8 Å². The summed E-state index contributed by atoms with van der Waals surface area (Å²) in [4.78, 5) is 11.4. The highest BCUT2D eigenvalue weighted by Gasteiger charge is 2.15. The molecule has 5 heteroatoms. The number of aryl methyl sites for hydroxylation is 1. The van der Waals surface area contributed by atoms with E-state index in [0.29, 0.717) is 18.8 Å². The molecule has 0 aliphatic rings. The molecular formula is C14H22N2O3. The molecule has 1 amide bonds. The number of carbonyl (C=O) groups excluding carboxylic acids is 1. The average Bonchev–Trinajstić information content (AvgIpc) is 2.26. The summed E-state index contributed by atoms with van der Waals surface area (Å²) in [7, 11) is 0. The fourth-order valence-corrected chi connectivity index (χ4v) is 1.47. The third kappa shape index (κ3) is 5.99. The standard InChI is InChI=1S/C14H22N2O3/c1-10-5-6-12(17)11(9-10)15-7-8-16-13(18)19-14(2,3)4/h5-6,9,15,17H,7-8H2,1-4H3,(H,16,18). The molecule has 0 spiro atoms. The average molecular weight is 266 g/mol. The Hall–Kier alpha value is -1.91. The van der Waals surface area contributed by atoms with Gasteiger partial charge < -0.3 is 20.5 Å². The predicted molar refractivity (Wildman–Crippen MR) is 75.6 cm³/mol. The summed E-state index contributed by atoms with van der Waals surface area (Å²) in [5, 5.41) is 15.3. The van der Waals surface area contributed by atoms with Gasteiger partial charge in [0.15, 0.2) is 0 Å². The van der Waals surface area contributed by atoms with Crippen molar-refractivity contribution in [2.24, 2.45) is 0 Å². The van der Waals surface area contributed by atoms with E-state index in [-0.39, 0.29) is 5.75 Å². The molecule has 0 saturated carbocycles. The normalized spacial score (nSPS) is 10.9. The van der Waals surface area contributed by atoms with Gasteiger partial charge >= 0.3 is 6.09 Å². The van der Waals surface area contributed by atoms with Crippen LogP contribution >= 0.6 is 0 Å². The Morgan fingerprint density at radius 1 is 1.32 bits per heavy atom. The highest BCUT2D eigenvalue weighted by atomic mass is 16.6. The van der Waals surface area contributed by atoms with Gasteiger partial charge in [-0.1, -0.05) is 6.07 Å². The second kappa shape index (κ2) is 6.31. The van der Waals surface area contributed by atoms with Crippen molar-refractivity contribution in [3.8, 4) is 5.75 Å². The quantitative estimate of drug-likeness (QED) is 0.579. The van der Waals surface area contributed by atoms with Crippen LogP contribution in [0.15, 0.2) is 18.2 Å². The van der Waals surface area contributed by atoms with Crippen LogP contribution in [0.3, 0.4) is 0 Å². The minimum Gasteiger partial charge on any atom is -0.506 e. The Bertz CT molecular complexity index is 439. The molecule has 5 nitrogen and oxygen atoms in total. The summed E-state index contributed by atoms with van der Waals surface area (Å²) in [5.74, 6) is 0.197. The SMILES string of the molecule is Cc1ccc(O)c(NCCNC(=O)OC(C)(C)C)c1. The monoisotopic (exact) mass is 266 g/mol. The molecule has 106 valence electrons. The second-order valence-corrected chi connectivity index (χ2v) is 5.38. The maximum atomic E-state index is 11.4. The molecule has 3 N–H and O–H groups in total. The lowest BCUT2D eigenvalue weighted by atomic mass is 10.2. The number of nitrogens with one attached hydrogen (secondary N) is 2.